The van der Waals surface area contributed by atoms with Crippen LogP contribution in [0, 0.1) is 11.3 Å². The van der Waals surface area contributed by atoms with Gasteiger partial charge in [-0.3, -0.25) is 10.2 Å². The van der Waals surface area contributed by atoms with Gasteiger partial charge in [0.15, 0.2) is 0 Å². The van der Waals surface area contributed by atoms with E-state index in [0.717, 1.165) is 19.3 Å². The van der Waals surface area contributed by atoms with E-state index in [4.69, 9.17) is 16.2 Å². The van der Waals surface area contributed by atoms with E-state index in [1.165, 1.54) is 19.3 Å². The van der Waals surface area contributed by atoms with Gasteiger partial charge in [-0.05, 0) is 6.42 Å². The van der Waals surface area contributed by atoms with Crippen molar-refractivity contribution in [3.05, 3.63) is 0 Å². The van der Waals surface area contributed by atoms with Gasteiger partial charge in [0.2, 0.25) is 0 Å². The fourth-order valence-electron chi connectivity index (χ4n) is 1.54. The molecule has 0 aliphatic heterocycles. The van der Waals surface area contributed by atoms with Gasteiger partial charge in [-0.15, -0.1) is 0 Å². The minimum atomic E-state index is -0.976. The normalized spacial score (nSPS) is 12.3. The number of hydrogen-bond acceptors (Lipinski definition) is 2. The number of carboxylic acid groups (broad SMARTS) is 1. The van der Waals surface area contributed by atoms with Crippen molar-refractivity contribution in [3.63, 3.8) is 0 Å². The van der Waals surface area contributed by atoms with Crippen molar-refractivity contribution in [2.24, 2.45) is 11.7 Å². The third-order valence-electron chi connectivity index (χ3n) is 2.52. The smallest absolute Gasteiger partial charge is 0.314 e. The largest absolute Gasteiger partial charge is 0.481 e. The first-order chi connectivity index (χ1) is 7.09. The van der Waals surface area contributed by atoms with Crippen molar-refractivity contribution in [2.45, 2.75) is 51.9 Å². The van der Waals surface area contributed by atoms with E-state index in [0.29, 0.717) is 6.42 Å². The molecule has 0 bridgehead atoms. The fourth-order valence-corrected chi connectivity index (χ4v) is 1.54. The van der Waals surface area contributed by atoms with Crippen molar-refractivity contribution in [1.29, 1.82) is 5.41 Å². The molecule has 1 unspecified atom stereocenters. The van der Waals surface area contributed by atoms with E-state index in [1.54, 1.807) is 0 Å². The Labute approximate surface area is 91.4 Å². The zero-order valence-corrected chi connectivity index (χ0v) is 9.46. The summed E-state index contributed by atoms with van der Waals surface area (Å²) in [4.78, 5) is 10.7. The van der Waals surface area contributed by atoms with Gasteiger partial charge in [0.1, 0.15) is 11.8 Å². The summed E-state index contributed by atoms with van der Waals surface area (Å²) in [5.41, 5.74) is 5.20. The molecule has 0 aliphatic carbocycles. The second-order valence-electron chi connectivity index (χ2n) is 3.90. The second-order valence-corrected chi connectivity index (χ2v) is 3.90. The number of carbonyl (C=O) groups is 1. The molecule has 0 aromatic heterocycles. The number of hydrogen-bond donors (Lipinski definition) is 3. The third-order valence-corrected chi connectivity index (χ3v) is 2.52. The quantitative estimate of drug-likeness (QED) is 0.313. The van der Waals surface area contributed by atoms with Gasteiger partial charge in [0.05, 0.1) is 0 Å². The van der Waals surface area contributed by atoms with Crippen LogP contribution in [0.1, 0.15) is 51.9 Å². The van der Waals surface area contributed by atoms with Gasteiger partial charge >= 0.3 is 5.97 Å². The number of carboxylic acids is 1. The van der Waals surface area contributed by atoms with Crippen LogP contribution in [0.25, 0.3) is 0 Å². The van der Waals surface area contributed by atoms with E-state index in [9.17, 15) is 4.79 Å². The number of nitrogens with one attached hydrogen (secondary N) is 1. The van der Waals surface area contributed by atoms with Crippen molar-refractivity contribution in [1.82, 2.24) is 0 Å². The Kier molecular flexibility index (Phi) is 7.68. The minimum absolute atomic E-state index is 0.226. The van der Waals surface area contributed by atoms with Crippen molar-refractivity contribution in [3.8, 4) is 0 Å². The molecule has 15 heavy (non-hydrogen) atoms. The van der Waals surface area contributed by atoms with E-state index in [1.807, 2.05) is 0 Å². The molecule has 0 aromatic carbocycles. The topological polar surface area (TPSA) is 87.2 Å². The lowest BCUT2D eigenvalue weighted by atomic mass is 9.99. The van der Waals surface area contributed by atoms with Crippen LogP contribution in [-0.4, -0.2) is 16.9 Å². The summed E-state index contributed by atoms with van der Waals surface area (Å²) in [6.45, 7) is 2.16. The molecule has 0 radical (unpaired) electrons. The monoisotopic (exact) mass is 214 g/mol. The van der Waals surface area contributed by atoms with Gasteiger partial charge < -0.3 is 10.8 Å². The number of nitrogens with two attached hydrogens (primary N) is 1. The molecule has 0 aliphatic rings. The summed E-state index contributed by atoms with van der Waals surface area (Å²) < 4.78 is 0. The lowest BCUT2D eigenvalue weighted by Crippen LogP contribution is -2.29. The van der Waals surface area contributed by atoms with Crippen LogP contribution < -0.4 is 5.73 Å². The maximum atomic E-state index is 10.7. The molecule has 1 atom stereocenters. The van der Waals surface area contributed by atoms with Crippen LogP contribution in [0.5, 0.6) is 0 Å². The summed E-state index contributed by atoms with van der Waals surface area (Å²) in [5, 5.41) is 15.9. The first kappa shape index (κ1) is 13.9. The van der Waals surface area contributed by atoms with Crippen molar-refractivity contribution < 1.29 is 9.90 Å². The highest BCUT2D eigenvalue weighted by atomic mass is 16.4. The zero-order valence-electron chi connectivity index (χ0n) is 9.46. The molecule has 0 spiro atoms. The Hall–Kier alpha value is -1.06. The standard InChI is InChI=1S/C11H22N2O2/c1-2-3-4-5-6-7-8-9(10(12)13)11(14)15/h9H,2-8H2,1H3,(H3,12,13)(H,14,15). The molecule has 0 saturated heterocycles. The zero-order chi connectivity index (χ0) is 11.7. The summed E-state index contributed by atoms with van der Waals surface area (Å²) in [5.74, 6) is -1.98. The number of aliphatic carboxylic acids is 1. The van der Waals surface area contributed by atoms with Crippen LogP contribution in [0.4, 0.5) is 0 Å². The average molecular weight is 214 g/mol. The SMILES string of the molecule is CCCCCCCCC(C(=N)N)C(=O)O. The van der Waals surface area contributed by atoms with E-state index >= 15 is 0 Å². The number of unbranched alkanes of at least 4 members (excludes halogenated alkanes) is 5. The highest BCUT2D eigenvalue weighted by Gasteiger charge is 2.19. The molecule has 0 aromatic rings. The Morgan fingerprint density at radius 3 is 2.27 bits per heavy atom. The number of rotatable bonds is 9. The Morgan fingerprint density at radius 2 is 1.80 bits per heavy atom. The van der Waals surface area contributed by atoms with Crippen LogP contribution in [0.2, 0.25) is 0 Å². The van der Waals surface area contributed by atoms with E-state index in [-0.39, 0.29) is 5.84 Å². The van der Waals surface area contributed by atoms with Gasteiger partial charge in [-0.1, -0.05) is 45.4 Å². The van der Waals surface area contributed by atoms with Gasteiger partial charge in [0.25, 0.3) is 0 Å². The maximum Gasteiger partial charge on any atom is 0.314 e. The predicted molar refractivity (Wildman–Crippen MR) is 61.0 cm³/mol. The van der Waals surface area contributed by atoms with Crippen LogP contribution in [-0.2, 0) is 4.79 Å². The second kappa shape index (κ2) is 8.26. The molecule has 4 N–H and O–H groups in total. The predicted octanol–water partition coefficient (Wildman–Crippen LogP) is 2.37. The van der Waals surface area contributed by atoms with Crippen molar-refractivity contribution in [2.75, 3.05) is 0 Å². The summed E-state index contributed by atoms with van der Waals surface area (Å²) in [6, 6.07) is 0. The van der Waals surface area contributed by atoms with Crippen LogP contribution >= 0.6 is 0 Å². The van der Waals surface area contributed by atoms with E-state index in [2.05, 4.69) is 6.92 Å². The lowest BCUT2D eigenvalue weighted by molar-refractivity contribution is -0.139. The summed E-state index contributed by atoms with van der Waals surface area (Å²) >= 11 is 0. The van der Waals surface area contributed by atoms with Gasteiger partial charge in [-0.2, -0.15) is 0 Å². The van der Waals surface area contributed by atoms with Gasteiger partial charge in [-0.25, -0.2) is 0 Å². The highest BCUT2D eigenvalue weighted by Crippen LogP contribution is 2.12. The fraction of sp³-hybridized carbons (Fsp3) is 0.818. The number of amidine groups is 1. The molecule has 0 heterocycles. The summed E-state index contributed by atoms with van der Waals surface area (Å²) in [7, 11) is 0. The first-order valence-electron chi connectivity index (χ1n) is 5.66. The molecule has 0 saturated carbocycles. The van der Waals surface area contributed by atoms with Crippen LogP contribution in [0.15, 0.2) is 0 Å². The molecule has 0 amide bonds. The first-order valence-corrected chi connectivity index (χ1v) is 5.66. The molecule has 4 nitrogen and oxygen atoms in total. The van der Waals surface area contributed by atoms with Gasteiger partial charge in [0, 0.05) is 0 Å². The molecule has 0 fully saturated rings. The molecular weight excluding hydrogens is 192 g/mol. The Morgan fingerprint density at radius 1 is 1.27 bits per heavy atom. The maximum absolute atomic E-state index is 10.7. The average Bonchev–Trinajstić information content (AvgIpc) is 2.15. The molecule has 0 rings (SSSR count). The van der Waals surface area contributed by atoms with Crippen LogP contribution in [0.3, 0.4) is 0 Å². The van der Waals surface area contributed by atoms with Crippen molar-refractivity contribution >= 4 is 11.8 Å². The lowest BCUT2D eigenvalue weighted by Gasteiger charge is -2.09. The highest BCUT2D eigenvalue weighted by molar-refractivity contribution is 5.97. The molecular formula is C11H22N2O2. The third kappa shape index (κ3) is 6.94. The summed E-state index contributed by atoms with van der Waals surface area (Å²) in [6.07, 6.45) is 7.21. The molecule has 4 heteroatoms. The molecule has 88 valence electrons. The Balaban J connectivity index is 3.55. The Bertz CT molecular complexity index is 191. The minimum Gasteiger partial charge on any atom is -0.481 e. The van der Waals surface area contributed by atoms with E-state index < -0.39 is 11.9 Å².